The number of para-hydroxylation sites is 2. The van der Waals surface area contributed by atoms with Crippen LogP contribution in [0.3, 0.4) is 0 Å². The third-order valence-corrected chi connectivity index (χ3v) is 8.86. The topological polar surface area (TPSA) is 49.9 Å². The van der Waals surface area contributed by atoms with Gasteiger partial charge in [-0.3, -0.25) is 9.21 Å². The number of ether oxygens (including phenoxy) is 1. The van der Waals surface area contributed by atoms with Gasteiger partial charge in [0.2, 0.25) is 0 Å². The van der Waals surface area contributed by atoms with Crippen LogP contribution in [0.25, 0.3) is 0 Å². The SMILES string of the molecule is O=S(=O)(c1ccc(Cl)cc1)N(Cc1ccccc1OCCCN1CCc2ccccc2C1)c1ccccc1. The van der Waals surface area contributed by atoms with Crippen LogP contribution in [-0.2, 0) is 29.5 Å². The third kappa shape index (κ3) is 6.21. The Balaban J connectivity index is 1.28. The summed E-state index contributed by atoms with van der Waals surface area (Å²) in [6, 6.07) is 31.7. The molecule has 1 aliphatic heterocycles. The molecule has 0 saturated heterocycles. The minimum absolute atomic E-state index is 0.147. The number of halogens is 1. The minimum atomic E-state index is -3.84. The second-order valence-corrected chi connectivity index (χ2v) is 11.7. The van der Waals surface area contributed by atoms with Crippen molar-refractivity contribution in [2.45, 2.75) is 30.8 Å². The average Bonchev–Trinajstić information content (AvgIpc) is 2.95. The number of hydrogen-bond donors (Lipinski definition) is 0. The Kier molecular flexibility index (Phi) is 8.32. The zero-order valence-corrected chi connectivity index (χ0v) is 22.7. The molecule has 0 fully saturated rings. The number of anilines is 1. The van der Waals surface area contributed by atoms with Crippen LogP contribution < -0.4 is 9.04 Å². The van der Waals surface area contributed by atoms with Gasteiger partial charge in [-0.25, -0.2) is 8.42 Å². The normalized spacial score (nSPS) is 13.6. The Labute approximate surface area is 230 Å². The summed E-state index contributed by atoms with van der Waals surface area (Å²) in [6.07, 6.45) is 1.97. The second-order valence-electron chi connectivity index (χ2n) is 9.41. The van der Waals surface area contributed by atoms with Crippen molar-refractivity contribution in [2.24, 2.45) is 0 Å². The lowest BCUT2D eigenvalue weighted by molar-refractivity contribution is 0.220. The Morgan fingerprint density at radius 2 is 1.50 bits per heavy atom. The molecular formula is C31H31ClN2O3S. The van der Waals surface area contributed by atoms with Crippen LogP contribution in [0.15, 0.2) is 108 Å². The summed E-state index contributed by atoms with van der Waals surface area (Å²) in [6.45, 7) is 3.69. The van der Waals surface area contributed by atoms with Gasteiger partial charge in [-0.2, -0.15) is 0 Å². The third-order valence-electron chi connectivity index (χ3n) is 6.82. The zero-order chi connectivity index (χ0) is 26.4. The van der Waals surface area contributed by atoms with E-state index < -0.39 is 10.0 Å². The molecular weight excluding hydrogens is 516 g/mol. The van der Waals surface area contributed by atoms with Crippen molar-refractivity contribution in [1.82, 2.24) is 4.90 Å². The number of nitrogens with zero attached hydrogens (tertiary/aromatic N) is 2. The van der Waals surface area contributed by atoms with E-state index in [-0.39, 0.29) is 11.4 Å². The number of hydrogen-bond acceptors (Lipinski definition) is 4. The molecule has 0 spiro atoms. The zero-order valence-electron chi connectivity index (χ0n) is 21.2. The Morgan fingerprint density at radius 1 is 0.816 bits per heavy atom. The quantitative estimate of drug-likeness (QED) is 0.211. The molecule has 0 aliphatic carbocycles. The van der Waals surface area contributed by atoms with E-state index in [0.29, 0.717) is 23.1 Å². The molecule has 5 rings (SSSR count). The predicted molar refractivity (Wildman–Crippen MR) is 153 cm³/mol. The van der Waals surface area contributed by atoms with Gasteiger partial charge >= 0.3 is 0 Å². The lowest BCUT2D eigenvalue weighted by Gasteiger charge is -2.28. The van der Waals surface area contributed by atoms with Crippen molar-refractivity contribution in [1.29, 1.82) is 0 Å². The molecule has 196 valence electrons. The maximum absolute atomic E-state index is 13.7. The minimum Gasteiger partial charge on any atom is -0.493 e. The lowest BCUT2D eigenvalue weighted by Crippen LogP contribution is -2.32. The van der Waals surface area contributed by atoms with Crippen molar-refractivity contribution in [3.8, 4) is 5.75 Å². The molecule has 4 aromatic rings. The van der Waals surface area contributed by atoms with E-state index >= 15 is 0 Å². The summed E-state index contributed by atoms with van der Waals surface area (Å²) in [5.41, 5.74) is 4.25. The highest BCUT2D eigenvalue weighted by molar-refractivity contribution is 7.92. The fourth-order valence-electron chi connectivity index (χ4n) is 4.79. The fraction of sp³-hybridized carbons (Fsp3) is 0.226. The molecule has 4 aromatic carbocycles. The number of rotatable bonds is 10. The van der Waals surface area contributed by atoms with E-state index in [9.17, 15) is 8.42 Å². The van der Waals surface area contributed by atoms with Crippen molar-refractivity contribution in [3.05, 3.63) is 125 Å². The molecule has 0 saturated carbocycles. The number of sulfonamides is 1. The summed E-state index contributed by atoms with van der Waals surface area (Å²) in [5.74, 6) is 0.698. The van der Waals surface area contributed by atoms with Gasteiger partial charge < -0.3 is 4.74 Å². The maximum Gasteiger partial charge on any atom is 0.264 e. The highest BCUT2D eigenvalue weighted by Gasteiger charge is 2.26. The van der Waals surface area contributed by atoms with Gasteiger partial charge in [-0.15, -0.1) is 0 Å². The summed E-state index contributed by atoms with van der Waals surface area (Å²) < 4.78 is 35.1. The average molecular weight is 547 g/mol. The number of fused-ring (bicyclic) bond motifs is 1. The Hall–Kier alpha value is -3.32. The van der Waals surface area contributed by atoms with Crippen molar-refractivity contribution < 1.29 is 13.2 Å². The molecule has 38 heavy (non-hydrogen) atoms. The molecule has 0 bridgehead atoms. The Morgan fingerprint density at radius 3 is 2.29 bits per heavy atom. The van der Waals surface area contributed by atoms with Crippen LogP contribution in [0.5, 0.6) is 5.75 Å². The van der Waals surface area contributed by atoms with Crippen LogP contribution in [0, 0.1) is 0 Å². The van der Waals surface area contributed by atoms with Crippen LogP contribution in [-0.4, -0.2) is 33.0 Å². The molecule has 7 heteroatoms. The largest absolute Gasteiger partial charge is 0.493 e. The Bertz CT molecular complexity index is 1460. The van der Waals surface area contributed by atoms with Crippen molar-refractivity contribution >= 4 is 27.3 Å². The molecule has 1 aliphatic rings. The monoisotopic (exact) mass is 546 g/mol. The van der Waals surface area contributed by atoms with Gasteiger partial charge in [0.1, 0.15) is 5.75 Å². The van der Waals surface area contributed by atoms with Gasteiger partial charge in [0, 0.05) is 30.2 Å². The van der Waals surface area contributed by atoms with E-state index in [1.807, 2.05) is 42.5 Å². The van der Waals surface area contributed by atoms with Crippen LogP contribution >= 0.6 is 11.6 Å². The summed E-state index contributed by atoms with van der Waals surface area (Å²) in [5, 5.41) is 0.489. The van der Waals surface area contributed by atoms with Crippen molar-refractivity contribution in [2.75, 3.05) is 24.0 Å². The van der Waals surface area contributed by atoms with E-state index in [1.54, 1.807) is 24.3 Å². The summed E-state index contributed by atoms with van der Waals surface area (Å²) >= 11 is 6.01. The molecule has 0 amide bonds. The molecule has 0 radical (unpaired) electrons. The molecule has 0 atom stereocenters. The maximum atomic E-state index is 13.7. The first kappa shape index (κ1) is 26.3. The highest BCUT2D eigenvalue weighted by atomic mass is 35.5. The first-order valence-corrected chi connectivity index (χ1v) is 14.7. The molecule has 0 aromatic heterocycles. The summed E-state index contributed by atoms with van der Waals surface area (Å²) in [4.78, 5) is 2.65. The van der Waals surface area contributed by atoms with E-state index in [4.69, 9.17) is 16.3 Å². The standard InChI is InChI=1S/C31H31ClN2O3S/c32-28-15-17-30(18-16-28)38(35,36)34(29-12-2-1-3-13-29)24-27-11-6-7-14-31(27)37-22-8-20-33-21-19-25-9-4-5-10-26(25)23-33/h1-7,9-18H,8,19-24H2. The van der Waals surface area contributed by atoms with Crippen molar-refractivity contribution in [3.63, 3.8) is 0 Å². The smallest absolute Gasteiger partial charge is 0.264 e. The van der Waals surface area contributed by atoms with Gasteiger partial charge in [-0.1, -0.05) is 72.3 Å². The highest BCUT2D eigenvalue weighted by Crippen LogP contribution is 2.29. The van der Waals surface area contributed by atoms with Gasteiger partial charge in [0.05, 0.1) is 23.7 Å². The van der Waals surface area contributed by atoms with E-state index in [1.165, 1.54) is 27.6 Å². The predicted octanol–water partition coefficient (Wildman–Crippen LogP) is 6.56. The lowest BCUT2D eigenvalue weighted by atomic mass is 10.00. The fourth-order valence-corrected chi connectivity index (χ4v) is 6.36. The van der Waals surface area contributed by atoms with Crippen LogP contribution in [0.1, 0.15) is 23.1 Å². The molecule has 5 nitrogen and oxygen atoms in total. The van der Waals surface area contributed by atoms with E-state index in [2.05, 4.69) is 29.2 Å². The first-order chi connectivity index (χ1) is 18.5. The number of benzene rings is 4. The van der Waals surface area contributed by atoms with Crippen LogP contribution in [0.4, 0.5) is 5.69 Å². The van der Waals surface area contributed by atoms with Crippen LogP contribution in [0.2, 0.25) is 5.02 Å². The molecule has 0 unspecified atom stereocenters. The van der Waals surface area contributed by atoms with Gasteiger partial charge in [0.15, 0.2) is 0 Å². The van der Waals surface area contributed by atoms with Gasteiger partial charge in [0.25, 0.3) is 10.0 Å². The first-order valence-electron chi connectivity index (χ1n) is 12.8. The second kappa shape index (κ2) is 12.0. The van der Waals surface area contributed by atoms with E-state index in [0.717, 1.165) is 38.0 Å². The molecule has 1 heterocycles. The van der Waals surface area contributed by atoms with Gasteiger partial charge in [-0.05, 0) is 66.4 Å². The summed E-state index contributed by atoms with van der Waals surface area (Å²) in [7, 11) is -3.84. The molecule has 0 N–H and O–H groups in total.